The van der Waals surface area contributed by atoms with Crippen molar-refractivity contribution in [3.8, 4) is 5.75 Å². The number of nitrogens with zero attached hydrogens (tertiary/aromatic N) is 1. The number of ether oxygens (including phenoxy) is 1. The number of aromatic nitrogens is 1. The summed E-state index contributed by atoms with van der Waals surface area (Å²) < 4.78 is 5.65. The average Bonchev–Trinajstić information content (AvgIpc) is 2.60. The van der Waals surface area contributed by atoms with Gasteiger partial charge < -0.3 is 4.74 Å². The van der Waals surface area contributed by atoms with E-state index in [0.29, 0.717) is 16.9 Å². The van der Waals surface area contributed by atoms with Crippen LogP contribution < -0.4 is 15.6 Å². The summed E-state index contributed by atoms with van der Waals surface area (Å²) in [6.07, 6.45) is 4.04. The predicted molar refractivity (Wildman–Crippen MR) is 86.0 cm³/mol. The molecule has 2 amide bonds. The highest BCUT2D eigenvalue weighted by Gasteiger charge is 2.09. The molecule has 0 radical (unpaired) electrons. The van der Waals surface area contributed by atoms with Crippen LogP contribution in [0.2, 0.25) is 0 Å². The molecule has 1 aromatic carbocycles. The van der Waals surface area contributed by atoms with Gasteiger partial charge in [-0.15, -0.1) is 0 Å². The molecule has 1 atom stereocenters. The zero-order valence-corrected chi connectivity index (χ0v) is 13.1. The number of nitrogens with one attached hydrogen (secondary N) is 2. The molecule has 0 aliphatic heterocycles. The zero-order chi connectivity index (χ0) is 16.7. The van der Waals surface area contributed by atoms with Crippen molar-refractivity contribution < 1.29 is 14.3 Å². The van der Waals surface area contributed by atoms with Crippen molar-refractivity contribution in [2.75, 3.05) is 0 Å². The molecular weight excluding hydrogens is 294 g/mol. The van der Waals surface area contributed by atoms with E-state index in [0.717, 1.165) is 6.42 Å². The standard InChI is InChI=1S/C17H19N3O3/c1-3-12(2)23-15-6-4-13(5-7-15)16(21)19-20-17(22)14-8-10-18-11-9-14/h4-12H,3H2,1-2H3,(H,19,21)(H,20,22). The Labute approximate surface area is 134 Å². The second-order valence-electron chi connectivity index (χ2n) is 5.01. The van der Waals surface area contributed by atoms with Gasteiger partial charge >= 0.3 is 0 Å². The Morgan fingerprint density at radius 1 is 1.00 bits per heavy atom. The molecule has 0 aliphatic carbocycles. The van der Waals surface area contributed by atoms with Gasteiger partial charge in [-0.3, -0.25) is 25.4 Å². The van der Waals surface area contributed by atoms with Crippen LogP contribution in [0.25, 0.3) is 0 Å². The van der Waals surface area contributed by atoms with Crippen LogP contribution in [0.1, 0.15) is 41.0 Å². The molecule has 6 nitrogen and oxygen atoms in total. The average molecular weight is 313 g/mol. The first-order chi connectivity index (χ1) is 11.1. The molecule has 1 aromatic heterocycles. The molecular formula is C17H19N3O3. The lowest BCUT2D eigenvalue weighted by atomic mass is 10.2. The van der Waals surface area contributed by atoms with Crippen molar-refractivity contribution in [2.24, 2.45) is 0 Å². The lowest BCUT2D eigenvalue weighted by Gasteiger charge is -2.13. The Balaban J connectivity index is 1.89. The Morgan fingerprint density at radius 3 is 2.04 bits per heavy atom. The van der Waals surface area contributed by atoms with Gasteiger partial charge in [0.1, 0.15) is 5.75 Å². The van der Waals surface area contributed by atoms with Gasteiger partial charge in [-0.2, -0.15) is 0 Å². The van der Waals surface area contributed by atoms with E-state index in [4.69, 9.17) is 4.74 Å². The van der Waals surface area contributed by atoms with E-state index in [1.807, 2.05) is 13.8 Å². The number of carbonyl (C=O) groups excluding carboxylic acids is 2. The van der Waals surface area contributed by atoms with Gasteiger partial charge in [-0.1, -0.05) is 6.92 Å². The fourth-order valence-electron chi connectivity index (χ4n) is 1.76. The third kappa shape index (κ3) is 4.81. The number of amides is 2. The largest absolute Gasteiger partial charge is 0.491 e. The molecule has 0 fully saturated rings. The maximum absolute atomic E-state index is 12.0. The van der Waals surface area contributed by atoms with Gasteiger partial charge in [-0.05, 0) is 49.7 Å². The van der Waals surface area contributed by atoms with Crippen molar-refractivity contribution in [3.63, 3.8) is 0 Å². The van der Waals surface area contributed by atoms with Crippen LogP contribution in [0.3, 0.4) is 0 Å². The third-order valence-electron chi connectivity index (χ3n) is 3.26. The van der Waals surface area contributed by atoms with Gasteiger partial charge in [0.2, 0.25) is 0 Å². The Morgan fingerprint density at radius 2 is 1.52 bits per heavy atom. The first kappa shape index (κ1) is 16.5. The molecule has 2 rings (SSSR count). The lowest BCUT2D eigenvalue weighted by Crippen LogP contribution is -2.41. The summed E-state index contributed by atoms with van der Waals surface area (Å²) in [4.78, 5) is 27.6. The van der Waals surface area contributed by atoms with Crippen molar-refractivity contribution in [3.05, 3.63) is 59.9 Å². The fraction of sp³-hybridized carbons (Fsp3) is 0.235. The van der Waals surface area contributed by atoms with Crippen molar-refractivity contribution in [1.29, 1.82) is 0 Å². The molecule has 1 unspecified atom stereocenters. The minimum Gasteiger partial charge on any atom is -0.491 e. The van der Waals surface area contributed by atoms with Crippen LogP contribution >= 0.6 is 0 Å². The molecule has 120 valence electrons. The van der Waals surface area contributed by atoms with Crippen molar-refractivity contribution in [1.82, 2.24) is 15.8 Å². The summed E-state index contributed by atoms with van der Waals surface area (Å²) in [6, 6.07) is 9.86. The third-order valence-corrected chi connectivity index (χ3v) is 3.26. The molecule has 2 aromatic rings. The summed E-state index contributed by atoms with van der Waals surface area (Å²) in [5, 5.41) is 0. The molecule has 23 heavy (non-hydrogen) atoms. The molecule has 0 saturated carbocycles. The highest BCUT2D eigenvalue weighted by atomic mass is 16.5. The van der Waals surface area contributed by atoms with Gasteiger partial charge in [0, 0.05) is 23.5 Å². The van der Waals surface area contributed by atoms with Gasteiger partial charge in [0.15, 0.2) is 0 Å². The number of carbonyl (C=O) groups is 2. The first-order valence-electron chi connectivity index (χ1n) is 7.37. The molecule has 0 aliphatic rings. The summed E-state index contributed by atoms with van der Waals surface area (Å²) in [5.41, 5.74) is 5.57. The number of benzene rings is 1. The van der Waals surface area contributed by atoms with Crippen molar-refractivity contribution in [2.45, 2.75) is 26.4 Å². The predicted octanol–water partition coefficient (Wildman–Crippen LogP) is 2.33. The van der Waals surface area contributed by atoms with Gasteiger partial charge in [-0.25, -0.2) is 0 Å². The topological polar surface area (TPSA) is 80.3 Å². The molecule has 1 heterocycles. The normalized spacial score (nSPS) is 11.4. The number of pyridine rings is 1. The molecule has 0 bridgehead atoms. The molecule has 6 heteroatoms. The Hall–Kier alpha value is -2.89. The fourth-order valence-corrected chi connectivity index (χ4v) is 1.76. The Kier molecular flexibility index (Phi) is 5.68. The molecule has 0 spiro atoms. The van der Waals surface area contributed by atoms with E-state index in [1.165, 1.54) is 12.4 Å². The van der Waals surface area contributed by atoms with Crippen LogP contribution in [0.5, 0.6) is 5.75 Å². The second kappa shape index (κ2) is 7.93. The van der Waals surface area contributed by atoms with E-state index in [-0.39, 0.29) is 6.10 Å². The van der Waals surface area contributed by atoms with E-state index in [2.05, 4.69) is 15.8 Å². The highest BCUT2D eigenvalue weighted by molar-refractivity contribution is 5.99. The zero-order valence-electron chi connectivity index (χ0n) is 13.1. The van der Waals surface area contributed by atoms with E-state index < -0.39 is 11.8 Å². The van der Waals surface area contributed by atoms with E-state index in [9.17, 15) is 9.59 Å². The maximum Gasteiger partial charge on any atom is 0.269 e. The Bertz CT molecular complexity index is 657. The number of hydrogen-bond acceptors (Lipinski definition) is 4. The van der Waals surface area contributed by atoms with Crippen LogP contribution in [-0.2, 0) is 0 Å². The SMILES string of the molecule is CCC(C)Oc1ccc(C(=O)NNC(=O)c2ccncc2)cc1. The van der Waals surface area contributed by atoms with Gasteiger partial charge in [0.25, 0.3) is 11.8 Å². The van der Waals surface area contributed by atoms with Crippen LogP contribution in [0, 0.1) is 0 Å². The second-order valence-corrected chi connectivity index (χ2v) is 5.01. The minimum atomic E-state index is -0.405. The number of hydrazine groups is 1. The minimum absolute atomic E-state index is 0.120. The van der Waals surface area contributed by atoms with Crippen LogP contribution in [0.15, 0.2) is 48.8 Å². The number of hydrogen-bond donors (Lipinski definition) is 2. The maximum atomic E-state index is 12.0. The molecule has 2 N–H and O–H groups in total. The lowest BCUT2D eigenvalue weighted by molar-refractivity contribution is 0.0846. The summed E-state index contributed by atoms with van der Waals surface area (Å²) in [5.74, 6) is -0.100. The van der Waals surface area contributed by atoms with Crippen molar-refractivity contribution >= 4 is 11.8 Å². The first-order valence-corrected chi connectivity index (χ1v) is 7.37. The van der Waals surface area contributed by atoms with Crippen LogP contribution in [0.4, 0.5) is 0 Å². The summed E-state index contributed by atoms with van der Waals surface area (Å²) in [7, 11) is 0. The smallest absolute Gasteiger partial charge is 0.269 e. The molecule has 0 saturated heterocycles. The monoisotopic (exact) mass is 313 g/mol. The van der Waals surface area contributed by atoms with E-state index in [1.54, 1.807) is 36.4 Å². The van der Waals surface area contributed by atoms with Crippen LogP contribution in [-0.4, -0.2) is 22.9 Å². The number of rotatable bonds is 5. The van der Waals surface area contributed by atoms with Gasteiger partial charge in [0.05, 0.1) is 6.10 Å². The summed E-state index contributed by atoms with van der Waals surface area (Å²) in [6.45, 7) is 4.02. The summed E-state index contributed by atoms with van der Waals surface area (Å²) >= 11 is 0. The highest BCUT2D eigenvalue weighted by Crippen LogP contribution is 2.14. The quantitative estimate of drug-likeness (QED) is 0.830. The van der Waals surface area contributed by atoms with E-state index >= 15 is 0 Å².